The molecule has 0 saturated heterocycles. The number of ether oxygens (including phenoxy) is 1. The molecule has 80 valence electrons. The van der Waals surface area contributed by atoms with Gasteiger partial charge in [0.15, 0.2) is 0 Å². The molecule has 0 aromatic heterocycles. The summed E-state index contributed by atoms with van der Waals surface area (Å²) in [6, 6.07) is 7.24. The molecule has 0 aliphatic heterocycles. The summed E-state index contributed by atoms with van der Waals surface area (Å²) in [5.41, 5.74) is 6.98. The van der Waals surface area contributed by atoms with Crippen molar-refractivity contribution in [3.63, 3.8) is 0 Å². The van der Waals surface area contributed by atoms with Gasteiger partial charge < -0.3 is 10.5 Å². The number of nitrogens with two attached hydrogens (primary N) is 1. The van der Waals surface area contributed by atoms with Crippen LogP contribution in [0.15, 0.2) is 30.3 Å². The van der Waals surface area contributed by atoms with Gasteiger partial charge in [0.2, 0.25) is 0 Å². The fraction of sp³-hybridized carbons (Fsp3) is 0.250. The van der Waals surface area contributed by atoms with Gasteiger partial charge >= 0.3 is 5.97 Å². The zero-order valence-corrected chi connectivity index (χ0v) is 8.77. The van der Waals surface area contributed by atoms with Crippen molar-refractivity contribution in [1.29, 1.82) is 0 Å². The number of methoxy groups -OCH3 is 1. The Morgan fingerprint density at radius 1 is 1.40 bits per heavy atom. The summed E-state index contributed by atoms with van der Waals surface area (Å²) in [4.78, 5) is 11.1. The van der Waals surface area contributed by atoms with Crippen molar-refractivity contribution in [3.8, 4) is 0 Å². The van der Waals surface area contributed by atoms with Crippen LogP contribution >= 0.6 is 0 Å². The largest absolute Gasteiger partial charge is 0.465 e. The van der Waals surface area contributed by atoms with Gasteiger partial charge in [-0.05, 0) is 30.7 Å². The number of benzene rings is 1. The average molecular weight is 205 g/mol. The molecular weight excluding hydrogens is 190 g/mol. The van der Waals surface area contributed by atoms with E-state index in [4.69, 9.17) is 5.73 Å². The number of carbonyl (C=O) groups is 1. The predicted molar refractivity (Wildman–Crippen MR) is 60.5 cm³/mol. The van der Waals surface area contributed by atoms with E-state index in [9.17, 15) is 4.79 Å². The minimum absolute atomic E-state index is 0.313. The highest BCUT2D eigenvalue weighted by atomic mass is 16.5. The Bertz CT molecular complexity index is 341. The Labute approximate surface area is 89.5 Å². The van der Waals surface area contributed by atoms with Crippen LogP contribution in [-0.4, -0.2) is 19.6 Å². The molecule has 0 radical (unpaired) electrons. The first-order chi connectivity index (χ1) is 7.27. The van der Waals surface area contributed by atoms with Gasteiger partial charge in [-0.2, -0.15) is 0 Å². The number of hydrogen-bond acceptors (Lipinski definition) is 3. The van der Waals surface area contributed by atoms with E-state index in [0.29, 0.717) is 12.1 Å². The molecule has 0 saturated carbocycles. The van der Waals surface area contributed by atoms with Crippen molar-refractivity contribution in [3.05, 3.63) is 41.5 Å². The second-order valence-electron chi connectivity index (χ2n) is 3.09. The molecule has 0 aliphatic carbocycles. The molecule has 3 nitrogen and oxygen atoms in total. The van der Waals surface area contributed by atoms with Crippen LogP contribution in [0.5, 0.6) is 0 Å². The fourth-order valence-corrected chi connectivity index (χ4v) is 1.16. The van der Waals surface area contributed by atoms with Crippen LogP contribution in [-0.2, 0) is 4.74 Å². The molecule has 15 heavy (non-hydrogen) atoms. The van der Waals surface area contributed by atoms with Crippen LogP contribution in [0.2, 0.25) is 0 Å². The maximum atomic E-state index is 11.1. The summed E-state index contributed by atoms with van der Waals surface area (Å²) < 4.78 is 4.60. The van der Waals surface area contributed by atoms with E-state index in [-0.39, 0.29) is 5.97 Å². The van der Waals surface area contributed by atoms with E-state index in [2.05, 4.69) is 4.74 Å². The predicted octanol–water partition coefficient (Wildman–Crippen LogP) is 1.84. The Morgan fingerprint density at radius 2 is 2.07 bits per heavy atom. The molecule has 0 spiro atoms. The minimum Gasteiger partial charge on any atom is -0.465 e. The topological polar surface area (TPSA) is 52.3 Å². The molecule has 0 atom stereocenters. The zero-order chi connectivity index (χ0) is 11.1. The van der Waals surface area contributed by atoms with Gasteiger partial charge in [-0.3, -0.25) is 0 Å². The van der Waals surface area contributed by atoms with E-state index in [1.54, 1.807) is 12.1 Å². The Hall–Kier alpha value is -1.61. The summed E-state index contributed by atoms with van der Waals surface area (Å²) in [7, 11) is 1.37. The van der Waals surface area contributed by atoms with Crippen molar-refractivity contribution in [2.75, 3.05) is 13.7 Å². The fourth-order valence-electron chi connectivity index (χ4n) is 1.16. The third kappa shape index (κ3) is 3.56. The van der Waals surface area contributed by atoms with Crippen LogP contribution < -0.4 is 5.73 Å². The highest BCUT2D eigenvalue weighted by Gasteiger charge is 2.02. The zero-order valence-electron chi connectivity index (χ0n) is 8.77. The SMILES string of the molecule is COC(=O)c1ccc(C=CCCN)cc1. The quantitative estimate of drug-likeness (QED) is 0.763. The molecule has 0 bridgehead atoms. The van der Waals surface area contributed by atoms with E-state index in [1.807, 2.05) is 24.3 Å². The first-order valence-electron chi connectivity index (χ1n) is 4.83. The third-order valence-electron chi connectivity index (χ3n) is 1.98. The summed E-state index contributed by atoms with van der Waals surface area (Å²) >= 11 is 0. The van der Waals surface area contributed by atoms with Crippen molar-refractivity contribution in [2.24, 2.45) is 5.73 Å². The van der Waals surface area contributed by atoms with Crippen molar-refractivity contribution < 1.29 is 9.53 Å². The van der Waals surface area contributed by atoms with Gasteiger partial charge in [0.1, 0.15) is 0 Å². The maximum Gasteiger partial charge on any atom is 0.337 e. The monoisotopic (exact) mass is 205 g/mol. The average Bonchev–Trinajstić information content (AvgIpc) is 2.29. The second-order valence-corrected chi connectivity index (χ2v) is 3.09. The summed E-state index contributed by atoms with van der Waals surface area (Å²) in [5.74, 6) is -0.313. The molecule has 2 N–H and O–H groups in total. The molecule has 0 unspecified atom stereocenters. The van der Waals surface area contributed by atoms with Crippen LogP contribution in [0.1, 0.15) is 22.3 Å². The number of carbonyl (C=O) groups excluding carboxylic acids is 1. The molecule has 0 amide bonds. The molecule has 1 rings (SSSR count). The lowest BCUT2D eigenvalue weighted by Gasteiger charge is -1.99. The van der Waals surface area contributed by atoms with Gasteiger partial charge in [-0.15, -0.1) is 0 Å². The van der Waals surface area contributed by atoms with Crippen LogP contribution in [0.4, 0.5) is 0 Å². The Morgan fingerprint density at radius 3 is 2.60 bits per heavy atom. The number of rotatable bonds is 4. The van der Waals surface area contributed by atoms with Crippen molar-refractivity contribution in [2.45, 2.75) is 6.42 Å². The normalized spacial score (nSPS) is 10.5. The second kappa shape index (κ2) is 5.98. The smallest absolute Gasteiger partial charge is 0.337 e. The molecule has 1 aromatic rings. The Kier molecular flexibility index (Phi) is 4.57. The molecule has 0 fully saturated rings. The van der Waals surface area contributed by atoms with Crippen LogP contribution in [0.25, 0.3) is 6.08 Å². The van der Waals surface area contributed by atoms with Gasteiger partial charge in [-0.1, -0.05) is 24.3 Å². The highest BCUT2D eigenvalue weighted by molar-refractivity contribution is 5.89. The van der Waals surface area contributed by atoms with Crippen molar-refractivity contribution >= 4 is 12.0 Å². The van der Waals surface area contributed by atoms with E-state index >= 15 is 0 Å². The van der Waals surface area contributed by atoms with Gasteiger partial charge in [0, 0.05) is 0 Å². The summed E-state index contributed by atoms with van der Waals surface area (Å²) in [6.07, 6.45) is 4.85. The minimum atomic E-state index is -0.313. The van der Waals surface area contributed by atoms with Gasteiger partial charge in [-0.25, -0.2) is 4.79 Å². The van der Waals surface area contributed by atoms with Gasteiger partial charge in [0.05, 0.1) is 12.7 Å². The standard InChI is InChI=1S/C12H15NO2/c1-15-12(14)11-7-5-10(6-8-11)4-2-3-9-13/h2,4-8H,3,9,13H2,1H3. The first-order valence-corrected chi connectivity index (χ1v) is 4.83. The maximum absolute atomic E-state index is 11.1. The lowest BCUT2D eigenvalue weighted by atomic mass is 10.1. The van der Waals surface area contributed by atoms with E-state index < -0.39 is 0 Å². The highest BCUT2D eigenvalue weighted by Crippen LogP contribution is 2.07. The molecule has 1 aromatic carbocycles. The summed E-state index contributed by atoms with van der Waals surface area (Å²) in [6.45, 7) is 0.650. The first kappa shape index (κ1) is 11.5. The molecule has 0 heterocycles. The van der Waals surface area contributed by atoms with Crippen molar-refractivity contribution in [1.82, 2.24) is 0 Å². The van der Waals surface area contributed by atoms with Crippen LogP contribution in [0, 0.1) is 0 Å². The van der Waals surface area contributed by atoms with Crippen LogP contribution in [0.3, 0.4) is 0 Å². The molecular formula is C12H15NO2. The Balaban J connectivity index is 2.68. The lowest BCUT2D eigenvalue weighted by molar-refractivity contribution is 0.0601. The van der Waals surface area contributed by atoms with E-state index in [1.165, 1.54) is 7.11 Å². The molecule has 3 heteroatoms. The number of esters is 1. The number of hydrogen-bond donors (Lipinski definition) is 1. The third-order valence-corrected chi connectivity index (χ3v) is 1.98. The summed E-state index contributed by atoms with van der Waals surface area (Å²) in [5, 5.41) is 0. The van der Waals surface area contributed by atoms with E-state index in [0.717, 1.165) is 12.0 Å². The molecule has 0 aliphatic rings. The van der Waals surface area contributed by atoms with Gasteiger partial charge in [0.25, 0.3) is 0 Å². The lowest BCUT2D eigenvalue weighted by Crippen LogP contribution is -2.00.